The minimum Gasteiger partial charge on any atom is -0.469 e. The number of aromatic nitrogens is 2. The number of aryl methyl sites for hydroxylation is 1. The summed E-state index contributed by atoms with van der Waals surface area (Å²) in [7, 11) is 1.43. The Morgan fingerprint density at radius 2 is 2.23 bits per heavy atom. The molecular formula is C16H23N3O2S. The normalized spacial score (nSPS) is 10.7. The van der Waals surface area contributed by atoms with E-state index in [1.165, 1.54) is 18.5 Å². The van der Waals surface area contributed by atoms with Crippen LogP contribution < -0.4 is 5.32 Å². The van der Waals surface area contributed by atoms with Crippen LogP contribution in [0.3, 0.4) is 0 Å². The maximum atomic E-state index is 11.2. The van der Waals surface area contributed by atoms with Gasteiger partial charge in [0.05, 0.1) is 12.8 Å². The number of thiazole rings is 1. The third kappa shape index (κ3) is 3.68. The second kappa shape index (κ2) is 7.45. The van der Waals surface area contributed by atoms with Crippen LogP contribution in [0.5, 0.6) is 0 Å². The molecule has 0 aliphatic carbocycles. The van der Waals surface area contributed by atoms with Gasteiger partial charge in [-0.15, -0.1) is 11.3 Å². The quantitative estimate of drug-likeness (QED) is 0.792. The van der Waals surface area contributed by atoms with Gasteiger partial charge in [-0.1, -0.05) is 0 Å². The van der Waals surface area contributed by atoms with E-state index in [9.17, 15) is 4.79 Å². The van der Waals surface area contributed by atoms with Crippen molar-refractivity contribution >= 4 is 22.4 Å². The second-order valence-corrected chi connectivity index (χ2v) is 6.04. The number of nitrogens with one attached hydrogen (secondary N) is 1. The van der Waals surface area contributed by atoms with E-state index in [2.05, 4.69) is 51.8 Å². The van der Waals surface area contributed by atoms with Gasteiger partial charge in [0.2, 0.25) is 0 Å². The van der Waals surface area contributed by atoms with E-state index in [4.69, 9.17) is 0 Å². The Hall–Kier alpha value is -1.82. The first-order valence-electron chi connectivity index (χ1n) is 7.50. The number of hydrogen-bond acceptors (Lipinski definition) is 5. The number of carbonyl (C=O) groups is 1. The largest absolute Gasteiger partial charge is 0.469 e. The SMILES string of the molecule is CCNc1nc(-c2cc(C)n(CCCC(=O)OC)c2C)cs1. The van der Waals surface area contributed by atoms with Crippen LogP contribution in [-0.2, 0) is 16.1 Å². The fourth-order valence-electron chi connectivity index (χ4n) is 2.52. The Morgan fingerprint density at radius 1 is 1.45 bits per heavy atom. The molecule has 0 atom stereocenters. The highest BCUT2D eigenvalue weighted by Gasteiger charge is 2.13. The van der Waals surface area contributed by atoms with Gasteiger partial charge in [-0.2, -0.15) is 0 Å². The van der Waals surface area contributed by atoms with Gasteiger partial charge in [0.15, 0.2) is 5.13 Å². The van der Waals surface area contributed by atoms with Crippen LogP contribution >= 0.6 is 11.3 Å². The van der Waals surface area contributed by atoms with E-state index in [0.717, 1.165) is 35.9 Å². The molecule has 0 aliphatic heterocycles. The monoisotopic (exact) mass is 321 g/mol. The molecule has 5 nitrogen and oxygen atoms in total. The molecule has 0 unspecified atom stereocenters. The first kappa shape index (κ1) is 16.5. The molecule has 6 heteroatoms. The fraction of sp³-hybridized carbons (Fsp3) is 0.500. The highest BCUT2D eigenvalue weighted by atomic mass is 32.1. The molecule has 22 heavy (non-hydrogen) atoms. The summed E-state index contributed by atoms with van der Waals surface area (Å²) in [5.74, 6) is -0.155. The Kier molecular flexibility index (Phi) is 5.60. The molecule has 2 aromatic rings. The van der Waals surface area contributed by atoms with Crippen molar-refractivity contribution in [3.05, 3.63) is 22.8 Å². The van der Waals surface area contributed by atoms with Crippen molar-refractivity contribution in [3.63, 3.8) is 0 Å². The molecule has 0 aliphatic rings. The molecule has 2 rings (SSSR count). The van der Waals surface area contributed by atoms with Gasteiger partial charge < -0.3 is 14.6 Å². The number of nitrogens with zero attached hydrogens (tertiary/aromatic N) is 2. The molecule has 1 N–H and O–H groups in total. The summed E-state index contributed by atoms with van der Waals surface area (Å²) in [4.78, 5) is 15.8. The Morgan fingerprint density at radius 3 is 2.91 bits per heavy atom. The summed E-state index contributed by atoms with van der Waals surface area (Å²) in [6.45, 7) is 7.95. The molecule has 2 aromatic heterocycles. The van der Waals surface area contributed by atoms with Crippen LogP contribution in [0.2, 0.25) is 0 Å². The van der Waals surface area contributed by atoms with Crippen LogP contribution in [0.4, 0.5) is 5.13 Å². The first-order valence-corrected chi connectivity index (χ1v) is 8.38. The highest BCUT2D eigenvalue weighted by Crippen LogP contribution is 2.30. The average Bonchev–Trinajstić information content (AvgIpc) is 3.06. The van der Waals surface area contributed by atoms with E-state index < -0.39 is 0 Å². The second-order valence-electron chi connectivity index (χ2n) is 5.18. The number of rotatable bonds is 7. The smallest absolute Gasteiger partial charge is 0.305 e. The molecule has 2 heterocycles. The molecule has 0 saturated carbocycles. The highest BCUT2D eigenvalue weighted by molar-refractivity contribution is 7.14. The lowest BCUT2D eigenvalue weighted by Crippen LogP contribution is -2.06. The van der Waals surface area contributed by atoms with Crippen LogP contribution in [0, 0.1) is 13.8 Å². The maximum Gasteiger partial charge on any atom is 0.305 e. The number of esters is 1. The summed E-state index contributed by atoms with van der Waals surface area (Å²) >= 11 is 1.62. The average molecular weight is 321 g/mol. The minimum atomic E-state index is -0.155. The molecule has 0 amide bonds. The maximum absolute atomic E-state index is 11.2. The van der Waals surface area contributed by atoms with Crippen molar-refractivity contribution in [1.82, 2.24) is 9.55 Å². The zero-order valence-corrected chi connectivity index (χ0v) is 14.4. The number of hydrogen-bond donors (Lipinski definition) is 1. The molecular weight excluding hydrogens is 298 g/mol. The topological polar surface area (TPSA) is 56.2 Å². The fourth-order valence-corrected chi connectivity index (χ4v) is 3.30. The lowest BCUT2D eigenvalue weighted by molar-refractivity contribution is -0.140. The summed E-state index contributed by atoms with van der Waals surface area (Å²) in [6, 6.07) is 2.16. The molecule has 0 spiro atoms. The zero-order valence-electron chi connectivity index (χ0n) is 13.6. The summed E-state index contributed by atoms with van der Waals surface area (Å²) in [5.41, 5.74) is 4.55. The Balaban J connectivity index is 2.13. The zero-order chi connectivity index (χ0) is 16.1. The summed E-state index contributed by atoms with van der Waals surface area (Å²) in [5, 5.41) is 6.27. The lowest BCUT2D eigenvalue weighted by Gasteiger charge is -2.09. The van der Waals surface area contributed by atoms with Gasteiger partial charge in [-0.3, -0.25) is 4.79 Å². The molecule has 120 valence electrons. The van der Waals surface area contributed by atoms with Crippen LogP contribution in [0.25, 0.3) is 11.3 Å². The van der Waals surface area contributed by atoms with Gasteiger partial charge in [0, 0.05) is 41.8 Å². The number of ether oxygens (including phenoxy) is 1. The molecule has 0 fully saturated rings. The summed E-state index contributed by atoms with van der Waals surface area (Å²) in [6.07, 6.45) is 1.23. The molecule has 0 saturated heterocycles. The van der Waals surface area contributed by atoms with Gasteiger partial charge in [0.1, 0.15) is 0 Å². The van der Waals surface area contributed by atoms with Crippen molar-refractivity contribution in [2.45, 2.75) is 40.2 Å². The van der Waals surface area contributed by atoms with Crippen molar-refractivity contribution in [1.29, 1.82) is 0 Å². The molecule has 0 radical (unpaired) electrons. The third-order valence-electron chi connectivity index (χ3n) is 3.67. The van der Waals surface area contributed by atoms with Crippen LogP contribution in [0.1, 0.15) is 31.2 Å². The van der Waals surface area contributed by atoms with E-state index in [0.29, 0.717) is 6.42 Å². The van der Waals surface area contributed by atoms with Crippen molar-refractivity contribution in [2.75, 3.05) is 19.0 Å². The van der Waals surface area contributed by atoms with Crippen molar-refractivity contribution in [2.24, 2.45) is 0 Å². The van der Waals surface area contributed by atoms with Gasteiger partial charge in [0.25, 0.3) is 0 Å². The third-order valence-corrected chi connectivity index (χ3v) is 4.47. The van der Waals surface area contributed by atoms with E-state index >= 15 is 0 Å². The van der Waals surface area contributed by atoms with Crippen molar-refractivity contribution < 1.29 is 9.53 Å². The lowest BCUT2D eigenvalue weighted by atomic mass is 10.2. The van der Waals surface area contributed by atoms with Crippen LogP contribution in [0.15, 0.2) is 11.4 Å². The van der Waals surface area contributed by atoms with Gasteiger partial charge in [-0.25, -0.2) is 4.98 Å². The van der Waals surface area contributed by atoms with E-state index in [1.54, 1.807) is 11.3 Å². The Labute approximate surface area is 135 Å². The minimum absolute atomic E-state index is 0.155. The van der Waals surface area contributed by atoms with E-state index in [-0.39, 0.29) is 5.97 Å². The summed E-state index contributed by atoms with van der Waals surface area (Å²) < 4.78 is 6.93. The molecule has 0 bridgehead atoms. The first-order chi connectivity index (χ1) is 10.6. The Bertz CT molecular complexity index is 646. The number of methoxy groups -OCH3 is 1. The van der Waals surface area contributed by atoms with Gasteiger partial charge in [-0.05, 0) is 33.3 Å². The number of carbonyl (C=O) groups excluding carboxylic acids is 1. The molecule has 0 aromatic carbocycles. The standard InChI is InChI=1S/C16H23N3O2S/c1-5-17-16-18-14(10-22-16)13-9-11(2)19(12(13)3)8-6-7-15(20)21-4/h9-10H,5-8H2,1-4H3,(H,17,18). The van der Waals surface area contributed by atoms with Crippen molar-refractivity contribution in [3.8, 4) is 11.3 Å². The predicted molar refractivity (Wildman–Crippen MR) is 90.4 cm³/mol. The van der Waals surface area contributed by atoms with Gasteiger partial charge >= 0.3 is 5.97 Å². The van der Waals surface area contributed by atoms with E-state index in [1.807, 2.05) is 0 Å². The number of anilines is 1. The van der Waals surface area contributed by atoms with Crippen LogP contribution in [-0.4, -0.2) is 29.2 Å². The predicted octanol–water partition coefficient (Wildman–Crippen LogP) is 3.61.